The van der Waals surface area contributed by atoms with Crippen LogP contribution in [0.15, 0.2) is 114 Å². The van der Waals surface area contributed by atoms with E-state index in [4.69, 9.17) is 60.8 Å². The van der Waals surface area contributed by atoms with Crippen LogP contribution in [0, 0.1) is 26.6 Å². The number of para-hydroxylation sites is 1. The first-order chi connectivity index (χ1) is 34.7. The summed E-state index contributed by atoms with van der Waals surface area (Å²) in [4.78, 5) is 33.7. The van der Waals surface area contributed by atoms with Gasteiger partial charge in [-0.15, -0.1) is 11.3 Å². The van der Waals surface area contributed by atoms with Crippen molar-refractivity contribution in [2.24, 2.45) is 0 Å². The predicted molar refractivity (Wildman–Crippen MR) is 272 cm³/mol. The third kappa shape index (κ3) is 10.5. The van der Waals surface area contributed by atoms with Crippen molar-refractivity contribution in [3.8, 4) is 61.8 Å². The summed E-state index contributed by atoms with van der Waals surface area (Å²) in [5.41, 5.74) is 5.33. The first-order valence-corrected chi connectivity index (χ1v) is 25.5. The summed E-state index contributed by atoms with van der Waals surface area (Å²) < 4.78 is 84.5. The van der Waals surface area contributed by atoms with Crippen LogP contribution >= 0.6 is 34.5 Å². The second kappa shape index (κ2) is 21.4. The van der Waals surface area contributed by atoms with Gasteiger partial charge >= 0.3 is 5.97 Å². The Morgan fingerprint density at radius 1 is 0.875 bits per heavy atom. The Morgan fingerprint density at radius 3 is 2.36 bits per heavy atom. The van der Waals surface area contributed by atoms with E-state index in [1.807, 2.05) is 31.2 Å². The number of nitrogens with zero attached hydrogens (tertiary/aromatic N) is 4. The first kappa shape index (κ1) is 50.1. The van der Waals surface area contributed by atoms with Gasteiger partial charge in [0.05, 0.1) is 45.3 Å². The van der Waals surface area contributed by atoms with Gasteiger partial charge in [0.25, 0.3) is 10.1 Å². The number of halogens is 3. The van der Waals surface area contributed by atoms with Gasteiger partial charge in [0, 0.05) is 28.6 Å². The lowest BCUT2D eigenvalue weighted by atomic mass is 9.92. The van der Waals surface area contributed by atoms with Crippen molar-refractivity contribution >= 4 is 60.8 Å². The van der Waals surface area contributed by atoms with E-state index in [2.05, 4.69) is 15.0 Å². The van der Waals surface area contributed by atoms with E-state index < -0.39 is 40.7 Å². The van der Waals surface area contributed by atoms with Gasteiger partial charge in [0.2, 0.25) is 12.0 Å². The largest absolute Gasteiger partial charge is 0.496 e. The molecule has 14 nitrogen and oxygen atoms in total. The number of benzene rings is 5. The molecule has 4 bridgehead atoms. The minimum Gasteiger partial charge on any atom is -0.496 e. The normalized spacial score (nSPS) is 14.7. The molecule has 5 heterocycles. The molecule has 0 amide bonds. The van der Waals surface area contributed by atoms with Crippen LogP contribution in [0.25, 0.3) is 43.2 Å². The van der Waals surface area contributed by atoms with Crippen molar-refractivity contribution in [3.63, 3.8) is 0 Å². The zero-order chi connectivity index (χ0) is 50.7. The van der Waals surface area contributed by atoms with Gasteiger partial charge in [-0.2, -0.15) is 8.42 Å². The number of rotatable bonds is 12. The number of aryl methyl sites for hydroxylation is 1. The number of fused-ring (bicyclic) bond motifs is 7. The standard InChI is InChI=1S/C53H45Cl2FN4O10S2/c1-6-65-53(61)42-24-33-23-36(17-20-40(33)67-25-35-21-22-57-50(60-35)39-9-7-8-10-41(39)64-5)66-26-37(27-68-72(62,63)38-18-11-29(2)12-19-38)69-48-46(54)30(3)43(31(4)47(48)55)44-45-51(70-42)58-28-59-52(45)71-49(44)32-13-15-34(56)16-14-32/h7-23,28,37,42H,6,24-27H2,1-5H3/t37-,42+/m0/s1. The molecule has 0 saturated carbocycles. The van der Waals surface area contributed by atoms with Crippen molar-refractivity contribution in [2.75, 3.05) is 26.9 Å². The van der Waals surface area contributed by atoms with Gasteiger partial charge in [-0.25, -0.2) is 29.1 Å². The molecule has 72 heavy (non-hydrogen) atoms. The Morgan fingerprint density at radius 2 is 1.62 bits per heavy atom. The number of hydrogen-bond donors (Lipinski definition) is 0. The lowest BCUT2D eigenvalue weighted by molar-refractivity contribution is -0.151. The second-order valence-electron chi connectivity index (χ2n) is 16.5. The highest BCUT2D eigenvalue weighted by molar-refractivity contribution is 7.86. The van der Waals surface area contributed by atoms with Gasteiger partial charge in [0.1, 0.15) is 54.0 Å². The maximum absolute atomic E-state index is 14.5. The fourth-order valence-corrected chi connectivity index (χ4v) is 10.7. The molecule has 5 aromatic carbocycles. The van der Waals surface area contributed by atoms with Crippen molar-refractivity contribution in [1.82, 2.24) is 19.9 Å². The zero-order valence-electron chi connectivity index (χ0n) is 39.4. The molecule has 0 radical (unpaired) electrons. The van der Waals surface area contributed by atoms with E-state index in [9.17, 15) is 17.6 Å². The predicted octanol–water partition coefficient (Wildman–Crippen LogP) is 11.5. The summed E-state index contributed by atoms with van der Waals surface area (Å²) in [5.74, 6) is 0.621. The summed E-state index contributed by atoms with van der Waals surface area (Å²) in [6, 6.07) is 26.3. The zero-order valence-corrected chi connectivity index (χ0v) is 42.5. The average molecular weight is 1050 g/mol. The lowest BCUT2D eigenvalue weighted by Gasteiger charge is -2.24. The van der Waals surface area contributed by atoms with Crippen LogP contribution in [-0.4, -0.2) is 73.5 Å². The minimum absolute atomic E-state index is 0.0140. The minimum atomic E-state index is -4.28. The third-order valence-electron chi connectivity index (χ3n) is 11.7. The molecule has 10 rings (SSSR count). The smallest absolute Gasteiger partial charge is 0.347 e. The average Bonchev–Trinajstić information content (AvgIpc) is 3.77. The number of carbonyl (C=O) groups is 1. The Hall–Kier alpha value is -6.89. The highest BCUT2D eigenvalue weighted by Gasteiger charge is 2.33. The van der Waals surface area contributed by atoms with Crippen LogP contribution in [0.1, 0.15) is 34.9 Å². The molecule has 0 aliphatic carbocycles. The summed E-state index contributed by atoms with van der Waals surface area (Å²) in [6.07, 6.45) is 0.365. The topological polar surface area (TPSA) is 167 Å². The lowest BCUT2D eigenvalue weighted by Crippen LogP contribution is -2.32. The van der Waals surface area contributed by atoms with E-state index >= 15 is 0 Å². The van der Waals surface area contributed by atoms with Crippen LogP contribution in [0.2, 0.25) is 10.0 Å². The molecule has 8 aromatic rings. The number of methoxy groups -OCH3 is 1. The number of thiophene rings is 1. The van der Waals surface area contributed by atoms with Crippen LogP contribution < -0.4 is 23.7 Å². The maximum atomic E-state index is 14.5. The molecule has 2 atom stereocenters. The Kier molecular flexibility index (Phi) is 14.9. The van der Waals surface area contributed by atoms with E-state index in [1.54, 1.807) is 82.6 Å². The van der Waals surface area contributed by atoms with Crippen LogP contribution in [0.5, 0.6) is 28.9 Å². The van der Waals surface area contributed by atoms with Crippen molar-refractivity contribution in [3.05, 3.63) is 153 Å². The molecular weight excluding hydrogens is 1010 g/mol. The van der Waals surface area contributed by atoms with Crippen molar-refractivity contribution in [2.45, 2.75) is 57.8 Å². The molecule has 3 aromatic heterocycles. The molecule has 19 heteroatoms. The van der Waals surface area contributed by atoms with E-state index in [0.717, 1.165) is 5.56 Å². The van der Waals surface area contributed by atoms with Crippen molar-refractivity contribution in [1.29, 1.82) is 0 Å². The molecular formula is C53H45Cl2FN4O10S2. The molecule has 0 N–H and O–H groups in total. The number of esters is 1. The molecule has 0 unspecified atom stereocenters. The molecule has 2 aliphatic rings. The number of ether oxygens (including phenoxy) is 6. The Balaban J connectivity index is 1.19. The van der Waals surface area contributed by atoms with Gasteiger partial charge < -0.3 is 28.4 Å². The number of aromatic nitrogens is 4. The quantitative estimate of drug-likeness (QED) is 0.0837. The summed E-state index contributed by atoms with van der Waals surface area (Å²) in [7, 11) is -2.71. The number of carbonyl (C=O) groups excluding carboxylic acids is 1. The molecule has 0 fully saturated rings. The molecule has 0 saturated heterocycles. The third-order valence-corrected chi connectivity index (χ3v) is 15.1. The van der Waals surface area contributed by atoms with Gasteiger partial charge in [-0.1, -0.05) is 65.2 Å². The maximum Gasteiger partial charge on any atom is 0.347 e. The van der Waals surface area contributed by atoms with E-state index in [1.165, 1.54) is 41.9 Å². The Bertz CT molecular complexity index is 3410. The Labute approximate surface area is 428 Å². The summed E-state index contributed by atoms with van der Waals surface area (Å²) >= 11 is 15.8. The molecule has 2 aliphatic heterocycles. The molecule has 370 valence electrons. The highest BCUT2D eigenvalue weighted by Crippen LogP contribution is 2.53. The van der Waals surface area contributed by atoms with Crippen LogP contribution in [0.4, 0.5) is 4.39 Å². The van der Waals surface area contributed by atoms with Crippen LogP contribution in [0.3, 0.4) is 0 Å². The monoisotopic (exact) mass is 1050 g/mol. The fourth-order valence-electron chi connectivity index (χ4n) is 8.14. The van der Waals surface area contributed by atoms with E-state index in [0.29, 0.717) is 77.1 Å². The van der Waals surface area contributed by atoms with Crippen molar-refractivity contribution < 1.29 is 50.2 Å². The van der Waals surface area contributed by atoms with E-state index in [-0.39, 0.29) is 58.6 Å². The summed E-state index contributed by atoms with van der Waals surface area (Å²) in [5, 5.41) is 0.627. The first-order valence-electron chi connectivity index (χ1n) is 22.5. The SMILES string of the molecule is CCOC(=O)[C@H]1Cc2cc(ccc2OCc2ccnc(-c3ccccc3OC)n2)OC[C@@H](COS(=O)(=O)c2ccc(C)cc2)Oc2c(Cl)c(C)c(c(C)c2Cl)-c2c(-c3ccc(F)cc3)sc3ncnc(c23)O1. The summed E-state index contributed by atoms with van der Waals surface area (Å²) in [6.45, 7) is 6.32. The van der Waals surface area contributed by atoms with Gasteiger partial charge in [-0.3, -0.25) is 4.18 Å². The van der Waals surface area contributed by atoms with Crippen LogP contribution in [-0.2, 0) is 36.9 Å². The fraction of sp³-hybridized carbons (Fsp3) is 0.226. The van der Waals surface area contributed by atoms with Gasteiger partial charge in [-0.05, 0) is 111 Å². The highest BCUT2D eigenvalue weighted by atomic mass is 35.5. The van der Waals surface area contributed by atoms with Gasteiger partial charge in [0.15, 0.2) is 17.7 Å². The number of hydrogen-bond acceptors (Lipinski definition) is 15. The molecule has 0 spiro atoms. The second-order valence-corrected chi connectivity index (χ2v) is 19.9.